The normalized spacial score (nSPS) is 15.2. The maximum atomic E-state index is 4.22. The smallest absolute Gasteiger partial charge is 0.0946 e. The SMILES string of the molecule is CCNC(CC(C)CC(C)C)c1cncn1C. The summed E-state index contributed by atoms with van der Waals surface area (Å²) in [6, 6.07) is 0.432. The van der Waals surface area contributed by atoms with E-state index in [9.17, 15) is 0 Å². The van der Waals surface area contributed by atoms with E-state index in [1.807, 2.05) is 12.5 Å². The zero-order valence-electron chi connectivity index (χ0n) is 11.9. The van der Waals surface area contributed by atoms with Crippen LogP contribution in [-0.4, -0.2) is 16.1 Å². The van der Waals surface area contributed by atoms with Gasteiger partial charge < -0.3 is 9.88 Å². The predicted octanol–water partition coefficient (Wildman–Crippen LogP) is 3.14. The lowest BCUT2D eigenvalue weighted by atomic mass is 9.91. The highest BCUT2D eigenvalue weighted by Crippen LogP contribution is 2.24. The summed E-state index contributed by atoms with van der Waals surface area (Å²) >= 11 is 0. The summed E-state index contributed by atoms with van der Waals surface area (Å²) in [4.78, 5) is 4.22. The van der Waals surface area contributed by atoms with Crippen molar-refractivity contribution in [2.24, 2.45) is 18.9 Å². The molecule has 1 heterocycles. The van der Waals surface area contributed by atoms with Crippen molar-refractivity contribution in [1.29, 1.82) is 0 Å². The minimum absolute atomic E-state index is 0.432. The van der Waals surface area contributed by atoms with E-state index in [4.69, 9.17) is 0 Å². The first-order chi connectivity index (χ1) is 8.04. The average molecular weight is 237 g/mol. The Morgan fingerprint density at radius 3 is 2.47 bits per heavy atom. The van der Waals surface area contributed by atoms with Gasteiger partial charge in [-0.05, 0) is 31.2 Å². The lowest BCUT2D eigenvalue weighted by Gasteiger charge is -2.23. The summed E-state index contributed by atoms with van der Waals surface area (Å²) in [7, 11) is 2.07. The highest BCUT2D eigenvalue weighted by Gasteiger charge is 2.17. The van der Waals surface area contributed by atoms with E-state index in [0.29, 0.717) is 6.04 Å². The highest BCUT2D eigenvalue weighted by atomic mass is 15.1. The monoisotopic (exact) mass is 237 g/mol. The molecule has 2 unspecified atom stereocenters. The van der Waals surface area contributed by atoms with Crippen LogP contribution in [0.2, 0.25) is 0 Å². The van der Waals surface area contributed by atoms with Crippen molar-refractivity contribution >= 4 is 0 Å². The van der Waals surface area contributed by atoms with E-state index in [1.54, 1.807) is 0 Å². The topological polar surface area (TPSA) is 29.9 Å². The van der Waals surface area contributed by atoms with Gasteiger partial charge in [-0.3, -0.25) is 0 Å². The van der Waals surface area contributed by atoms with Crippen LogP contribution in [-0.2, 0) is 7.05 Å². The maximum absolute atomic E-state index is 4.22. The molecule has 2 atom stereocenters. The fourth-order valence-corrected chi connectivity index (χ4v) is 2.56. The fraction of sp³-hybridized carbons (Fsp3) is 0.786. The Kier molecular flexibility index (Phi) is 5.69. The van der Waals surface area contributed by atoms with Crippen molar-refractivity contribution in [3.05, 3.63) is 18.2 Å². The van der Waals surface area contributed by atoms with Crippen molar-refractivity contribution in [3.63, 3.8) is 0 Å². The minimum Gasteiger partial charge on any atom is -0.336 e. The molecule has 0 saturated heterocycles. The van der Waals surface area contributed by atoms with Crippen LogP contribution in [0.5, 0.6) is 0 Å². The molecule has 0 bridgehead atoms. The molecule has 1 N–H and O–H groups in total. The first-order valence-corrected chi connectivity index (χ1v) is 6.74. The van der Waals surface area contributed by atoms with E-state index >= 15 is 0 Å². The maximum Gasteiger partial charge on any atom is 0.0946 e. The van der Waals surface area contributed by atoms with Gasteiger partial charge in [-0.25, -0.2) is 4.98 Å². The molecule has 0 spiro atoms. The van der Waals surface area contributed by atoms with Crippen LogP contribution >= 0.6 is 0 Å². The number of imidazole rings is 1. The zero-order chi connectivity index (χ0) is 12.8. The molecule has 3 heteroatoms. The van der Waals surface area contributed by atoms with Gasteiger partial charge in [0.1, 0.15) is 0 Å². The van der Waals surface area contributed by atoms with Crippen molar-refractivity contribution < 1.29 is 0 Å². The molecule has 0 radical (unpaired) electrons. The van der Waals surface area contributed by atoms with Crippen LogP contribution in [0.25, 0.3) is 0 Å². The summed E-state index contributed by atoms with van der Waals surface area (Å²) in [6.45, 7) is 10.1. The van der Waals surface area contributed by atoms with Crippen LogP contribution < -0.4 is 5.32 Å². The minimum atomic E-state index is 0.432. The summed E-state index contributed by atoms with van der Waals surface area (Å²) < 4.78 is 2.12. The van der Waals surface area contributed by atoms with Gasteiger partial charge in [-0.1, -0.05) is 27.7 Å². The third-order valence-corrected chi connectivity index (χ3v) is 3.17. The number of nitrogens with zero attached hydrogens (tertiary/aromatic N) is 2. The standard InChI is InChI=1S/C14H27N3/c1-6-16-13(8-12(4)7-11(2)3)14-9-15-10-17(14)5/h9-13,16H,6-8H2,1-5H3. The number of aromatic nitrogens is 2. The Morgan fingerprint density at radius 1 is 1.29 bits per heavy atom. The molecular weight excluding hydrogens is 210 g/mol. The fourth-order valence-electron chi connectivity index (χ4n) is 2.56. The molecule has 1 aromatic rings. The van der Waals surface area contributed by atoms with Crippen LogP contribution in [0.3, 0.4) is 0 Å². The molecule has 0 aliphatic heterocycles. The predicted molar refractivity (Wildman–Crippen MR) is 72.9 cm³/mol. The number of aryl methyl sites for hydroxylation is 1. The molecule has 0 aliphatic rings. The molecule has 1 rings (SSSR count). The molecule has 98 valence electrons. The Labute approximate surface area is 106 Å². The van der Waals surface area contributed by atoms with Gasteiger partial charge in [0.05, 0.1) is 12.0 Å². The molecule has 3 nitrogen and oxygen atoms in total. The van der Waals surface area contributed by atoms with Gasteiger partial charge in [0, 0.05) is 19.3 Å². The molecule has 0 fully saturated rings. The summed E-state index contributed by atoms with van der Waals surface area (Å²) in [6.07, 6.45) is 6.34. The Balaban J connectivity index is 2.64. The average Bonchev–Trinajstić information content (AvgIpc) is 2.62. The first-order valence-electron chi connectivity index (χ1n) is 6.74. The van der Waals surface area contributed by atoms with Crippen LogP contribution in [0.1, 0.15) is 52.3 Å². The van der Waals surface area contributed by atoms with Crippen LogP contribution in [0, 0.1) is 11.8 Å². The van der Waals surface area contributed by atoms with E-state index < -0.39 is 0 Å². The second-order valence-corrected chi connectivity index (χ2v) is 5.51. The Morgan fingerprint density at radius 2 is 2.00 bits per heavy atom. The largest absolute Gasteiger partial charge is 0.336 e. The number of hydrogen-bond acceptors (Lipinski definition) is 2. The van der Waals surface area contributed by atoms with Crippen LogP contribution in [0.4, 0.5) is 0 Å². The number of rotatable bonds is 7. The van der Waals surface area contributed by atoms with E-state index in [-0.39, 0.29) is 0 Å². The number of hydrogen-bond donors (Lipinski definition) is 1. The summed E-state index contributed by atoms with van der Waals surface area (Å²) in [5.41, 5.74) is 1.29. The molecular formula is C14H27N3. The van der Waals surface area contributed by atoms with E-state index in [0.717, 1.165) is 18.4 Å². The molecule has 0 aliphatic carbocycles. The lowest BCUT2D eigenvalue weighted by Crippen LogP contribution is -2.25. The Bertz CT molecular complexity index is 317. The van der Waals surface area contributed by atoms with Gasteiger partial charge in [0.2, 0.25) is 0 Å². The van der Waals surface area contributed by atoms with Crippen molar-refractivity contribution in [1.82, 2.24) is 14.9 Å². The quantitative estimate of drug-likeness (QED) is 0.789. The highest BCUT2D eigenvalue weighted by molar-refractivity contribution is 5.05. The van der Waals surface area contributed by atoms with Gasteiger partial charge >= 0.3 is 0 Å². The van der Waals surface area contributed by atoms with Gasteiger partial charge in [-0.15, -0.1) is 0 Å². The molecule has 0 saturated carbocycles. The van der Waals surface area contributed by atoms with Gasteiger partial charge in [0.25, 0.3) is 0 Å². The molecule has 1 aromatic heterocycles. The van der Waals surface area contributed by atoms with E-state index in [1.165, 1.54) is 18.5 Å². The summed E-state index contributed by atoms with van der Waals surface area (Å²) in [5.74, 6) is 1.52. The van der Waals surface area contributed by atoms with Crippen molar-refractivity contribution in [2.45, 2.75) is 46.6 Å². The molecule has 17 heavy (non-hydrogen) atoms. The van der Waals surface area contributed by atoms with Crippen molar-refractivity contribution in [2.75, 3.05) is 6.54 Å². The second kappa shape index (κ2) is 6.80. The first kappa shape index (κ1) is 14.2. The molecule has 0 aromatic carbocycles. The van der Waals surface area contributed by atoms with E-state index in [2.05, 4.69) is 49.6 Å². The van der Waals surface area contributed by atoms with Crippen LogP contribution in [0.15, 0.2) is 12.5 Å². The molecule has 0 amide bonds. The van der Waals surface area contributed by atoms with Gasteiger partial charge in [0.15, 0.2) is 0 Å². The third kappa shape index (κ3) is 4.50. The summed E-state index contributed by atoms with van der Waals surface area (Å²) in [5, 5.41) is 3.57. The van der Waals surface area contributed by atoms with Gasteiger partial charge in [-0.2, -0.15) is 0 Å². The zero-order valence-corrected chi connectivity index (χ0v) is 11.9. The lowest BCUT2D eigenvalue weighted by molar-refractivity contribution is 0.352. The second-order valence-electron chi connectivity index (χ2n) is 5.51. The number of nitrogens with one attached hydrogen (secondary N) is 1. The Hall–Kier alpha value is -0.830. The van der Waals surface area contributed by atoms with Crippen molar-refractivity contribution in [3.8, 4) is 0 Å². The third-order valence-electron chi connectivity index (χ3n) is 3.17.